The van der Waals surface area contributed by atoms with Gasteiger partial charge in [0.05, 0.1) is 12.5 Å². The highest BCUT2D eigenvalue weighted by molar-refractivity contribution is 5.83. The van der Waals surface area contributed by atoms with E-state index in [1.54, 1.807) is 9.80 Å². The SMILES string of the molecule is N#CN1CCN2CCN(C3CCCC(C(F)(F)F)C3)C(=O)[C@H]2C1. The van der Waals surface area contributed by atoms with Crippen LogP contribution in [-0.4, -0.2) is 71.6 Å². The summed E-state index contributed by atoms with van der Waals surface area (Å²) < 4.78 is 39.0. The maximum atomic E-state index is 13.0. The monoisotopic (exact) mass is 330 g/mol. The van der Waals surface area contributed by atoms with Crippen LogP contribution in [0.15, 0.2) is 0 Å². The number of piperazine rings is 2. The maximum absolute atomic E-state index is 13.0. The molecule has 0 radical (unpaired) electrons. The molecule has 3 fully saturated rings. The maximum Gasteiger partial charge on any atom is 0.391 e. The van der Waals surface area contributed by atoms with Crippen LogP contribution >= 0.6 is 0 Å². The Labute approximate surface area is 133 Å². The number of alkyl halides is 3. The Bertz CT molecular complexity index is 504. The van der Waals surface area contributed by atoms with Crippen LogP contribution in [0.3, 0.4) is 0 Å². The van der Waals surface area contributed by atoms with E-state index in [1.807, 2.05) is 0 Å². The number of rotatable bonds is 1. The first kappa shape index (κ1) is 16.4. The molecule has 3 atom stereocenters. The largest absolute Gasteiger partial charge is 0.391 e. The molecule has 2 heterocycles. The predicted octanol–water partition coefficient (Wildman–Crippen LogP) is 1.42. The molecule has 1 saturated carbocycles. The summed E-state index contributed by atoms with van der Waals surface area (Å²) in [7, 11) is 0. The molecule has 5 nitrogen and oxygen atoms in total. The van der Waals surface area contributed by atoms with Crippen molar-refractivity contribution in [3.05, 3.63) is 0 Å². The minimum Gasteiger partial charge on any atom is -0.337 e. The third kappa shape index (κ3) is 3.25. The minimum atomic E-state index is -4.17. The van der Waals surface area contributed by atoms with E-state index in [4.69, 9.17) is 5.26 Å². The van der Waals surface area contributed by atoms with Gasteiger partial charge in [0.25, 0.3) is 0 Å². The van der Waals surface area contributed by atoms with Crippen LogP contribution < -0.4 is 0 Å². The number of halogens is 3. The van der Waals surface area contributed by atoms with Crippen molar-refractivity contribution >= 4 is 5.91 Å². The quantitative estimate of drug-likeness (QED) is 0.682. The topological polar surface area (TPSA) is 50.6 Å². The van der Waals surface area contributed by atoms with Gasteiger partial charge >= 0.3 is 6.18 Å². The van der Waals surface area contributed by atoms with Crippen LogP contribution in [0.5, 0.6) is 0 Å². The highest BCUT2D eigenvalue weighted by Gasteiger charge is 2.46. The minimum absolute atomic E-state index is 0.0178. The van der Waals surface area contributed by atoms with Crippen molar-refractivity contribution in [1.29, 1.82) is 5.26 Å². The summed E-state index contributed by atoms with van der Waals surface area (Å²) in [5.41, 5.74) is 0. The van der Waals surface area contributed by atoms with Crippen LogP contribution in [0.25, 0.3) is 0 Å². The van der Waals surface area contributed by atoms with Gasteiger partial charge in [-0.3, -0.25) is 9.69 Å². The number of fused-ring (bicyclic) bond motifs is 1. The molecule has 3 rings (SSSR count). The smallest absolute Gasteiger partial charge is 0.337 e. The van der Waals surface area contributed by atoms with Crippen molar-refractivity contribution in [2.24, 2.45) is 5.92 Å². The number of nitriles is 1. The first-order chi connectivity index (χ1) is 10.9. The third-order valence-electron chi connectivity index (χ3n) is 5.38. The average molecular weight is 330 g/mol. The molecule has 23 heavy (non-hydrogen) atoms. The lowest BCUT2D eigenvalue weighted by molar-refractivity contribution is -0.189. The molecule has 0 aromatic heterocycles. The first-order valence-electron chi connectivity index (χ1n) is 8.16. The number of carbonyl (C=O) groups is 1. The Morgan fingerprint density at radius 1 is 1.13 bits per heavy atom. The Hall–Kier alpha value is -1.49. The Morgan fingerprint density at radius 3 is 2.57 bits per heavy atom. The highest BCUT2D eigenvalue weighted by atomic mass is 19.4. The fraction of sp³-hybridized carbons (Fsp3) is 0.867. The van der Waals surface area contributed by atoms with Gasteiger partial charge in [-0.1, -0.05) is 6.42 Å². The average Bonchev–Trinajstić information content (AvgIpc) is 2.54. The van der Waals surface area contributed by atoms with Gasteiger partial charge in [-0.25, -0.2) is 0 Å². The van der Waals surface area contributed by atoms with Crippen molar-refractivity contribution in [2.45, 2.75) is 43.9 Å². The van der Waals surface area contributed by atoms with Crippen molar-refractivity contribution in [3.8, 4) is 6.19 Å². The van der Waals surface area contributed by atoms with E-state index in [0.717, 1.165) is 0 Å². The van der Waals surface area contributed by atoms with Gasteiger partial charge in [-0.05, 0) is 19.3 Å². The predicted molar refractivity (Wildman–Crippen MR) is 76.1 cm³/mol. The van der Waals surface area contributed by atoms with Gasteiger partial charge in [-0.2, -0.15) is 18.4 Å². The molecule has 1 aliphatic carbocycles. The normalized spacial score (nSPS) is 33.3. The summed E-state index contributed by atoms with van der Waals surface area (Å²) in [5.74, 6) is -1.40. The van der Waals surface area contributed by atoms with Gasteiger partial charge in [0.1, 0.15) is 6.04 Å². The zero-order valence-electron chi connectivity index (χ0n) is 12.9. The molecular formula is C15H21F3N4O. The van der Waals surface area contributed by atoms with Crippen LogP contribution in [0, 0.1) is 17.4 Å². The number of hydrogen-bond acceptors (Lipinski definition) is 4. The van der Waals surface area contributed by atoms with E-state index in [-0.39, 0.29) is 30.8 Å². The molecule has 128 valence electrons. The van der Waals surface area contributed by atoms with E-state index >= 15 is 0 Å². The van der Waals surface area contributed by atoms with Crippen molar-refractivity contribution in [1.82, 2.24) is 14.7 Å². The summed E-state index contributed by atoms with van der Waals surface area (Å²) in [6.45, 7) is 2.80. The van der Waals surface area contributed by atoms with Gasteiger partial charge < -0.3 is 9.80 Å². The molecule has 0 spiro atoms. The summed E-state index contributed by atoms with van der Waals surface area (Å²) in [4.78, 5) is 18.0. The lowest BCUT2D eigenvalue weighted by Gasteiger charge is -2.48. The molecular weight excluding hydrogens is 309 g/mol. The van der Waals surface area contributed by atoms with Gasteiger partial charge in [0.2, 0.25) is 5.91 Å². The molecule has 2 saturated heterocycles. The Morgan fingerprint density at radius 2 is 1.87 bits per heavy atom. The molecule has 2 aliphatic heterocycles. The Kier molecular flexibility index (Phi) is 4.41. The van der Waals surface area contributed by atoms with Crippen LogP contribution in [0.1, 0.15) is 25.7 Å². The number of hydrogen-bond donors (Lipinski definition) is 0. The Balaban J connectivity index is 1.69. The van der Waals surface area contributed by atoms with Crippen molar-refractivity contribution in [2.75, 3.05) is 32.7 Å². The van der Waals surface area contributed by atoms with Gasteiger partial charge in [0, 0.05) is 32.2 Å². The second-order valence-electron chi connectivity index (χ2n) is 6.69. The van der Waals surface area contributed by atoms with E-state index in [9.17, 15) is 18.0 Å². The molecule has 0 N–H and O–H groups in total. The fourth-order valence-electron chi connectivity index (χ4n) is 4.06. The lowest BCUT2D eigenvalue weighted by Crippen LogP contribution is -2.65. The summed E-state index contributed by atoms with van der Waals surface area (Å²) in [6.07, 6.45) is -0.767. The zero-order chi connectivity index (χ0) is 16.6. The zero-order valence-corrected chi connectivity index (χ0v) is 12.9. The van der Waals surface area contributed by atoms with Gasteiger partial charge in [-0.15, -0.1) is 0 Å². The fourth-order valence-corrected chi connectivity index (χ4v) is 4.06. The second-order valence-corrected chi connectivity index (χ2v) is 6.69. The number of carbonyl (C=O) groups excluding carboxylic acids is 1. The molecule has 3 aliphatic rings. The van der Waals surface area contributed by atoms with E-state index in [0.29, 0.717) is 45.6 Å². The molecule has 1 amide bonds. The van der Waals surface area contributed by atoms with Crippen LogP contribution in [0.4, 0.5) is 13.2 Å². The molecule has 8 heteroatoms. The highest BCUT2D eigenvalue weighted by Crippen LogP contribution is 2.39. The lowest BCUT2D eigenvalue weighted by atomic mass is 9.84. The van der Waals surface area contributed by atoms with E-state index < -0.39 is 12.1 Å². The van der Waals surface area contributed by atoms with Crippen LogP contribution in [-0.2, 0) is 4.79 Å². The molecule has 0 aromatic carbocycles. The summed E-state index contributed by atoms with van der Waals surface area (Å²) in [5, 5.41) is 9.01. The standard InChI is InChI=1S/C15H21F3N4O/c16-15(17,18)11-2-1-3-12(8-11)22-7-6-21-5-4-20(10-19)9-13(21)14(22)23/h11-13H,1-9H2/t11?,12?,13-/m1/s1. The van der Waals surface area contributed by atoms with Gasteiger partial charge in [0.15, 0.2) is 6.19 Å². The summed E-state index contributed by atoms with van der Waals surface area (Å²) in [6, 6.07) is -0.703. The van der Waals surface area contributed by atoms with E-state index in [2.05, 4.69) is 11.1 Å². The van der Waals surface area contributed by atoms with Crippen molar-refractivity contribution in [3.63, 3.8) is 0 Å². The molecule has 2 unspecified atom stereocenters. The second kappa shape index (κ2) is 6.19. The number of amides is 1. The first-order valence-corrected chi connectivity index (χ1v) is 8.16. The van der Waals surface area contributed by atoms with Crippen LogP contribution in [0.2, 0.25) is 0 Å². The van der Waals surface area contributed by atoms with Crippen molar-refractivity contribution < 1.29 is 18.0 Å². The summed E-state index contributed by atoms with van der Waals surface area (Å²) >= 11 is 0. The third-order valence-corrected chi connectivity index (χ3v) is 5.38. The van der Waals surface area contributed by atoms with E-state index in [1.165, 1.54) is 0 Å². The molecule has 0 aromatic rings. The number of nitrogens with zero attached hydrogens (tertiary/aromatic N) is 4. The molecule has 0 bridgehead atoms.